The maximum Gasteiger partial charge on any atom is 0.338 e. The van der Waals surface area contributed by atoms with Gasteiger partial charge in [0.2, 0.25) is 0 Å². The summed E-state index contributed by atoms with van der Waals surface area (Å²) in [5.41, 5.74) is 6.82. The molecule has 0 aliphatic carbocycles. The predicted octanol–water partition coefficient (Wildman–Crippen LogP) is 3.13. The average molecular weight is 291 g/mol. The van der Waals surface area contributed by atoms with Crippen molar-refractivity contribution in [2.75, 3.05) is 18.9 Å². The van der Waals surface area contributed by atoms with Gasteiger partial charge >= 0.3 is 5.97 Å². The zero-order valence-corrected chi connectivity index (χ0v) is 12.1. The minimum atomic E-state index is -0.365. The Hall–Kier alpha value is -2.01. The number of ether oxygens (including phenoxy) is 2. The fourth-order valence-electron chi connectivity index (χ4n) is 1.72. The molecule has 0 saturated carbocycles. The van der Waals surface area contributed by atoms with Crippen LogP contribution in [-0.2, 0) is 11.2 Å². The predicted molar refractivity (Wildman–Crippen MR) is 80.3 cm³/mol. The van der Waals surface area contributed by atoms with E-state index in [1.807, 2.05) is 11.4 Å². The summed E-state index contributed by atoms with van der Waals surface area (Å²) in [7, 11) is 0. The van der Waals surface area contributed by atoms with Crippen LogP contribution in [0.4, 0.5) is 5.69 Å². The van der Waals surface area contributed by atoms with Crippen LogP contribution in [0.15, 0.2) is 35.7 Å². The summed E-state index contributed by atoms with van der Waals surface area (Å²) in [6.07, 6.45) is 0.820. The molecule has 0 amide bonds. The van der Waals surface area contributed by atoms with E-state index in [0.29, 0.717) is 30.2 Å². The molecule has 1 heterocycles. The lowest BCUT2D eigenvalue weighted by molar-refractivity contribution is 0.0526. The summed E-state index contributed by atoms with van der Waals surface area (Å²) < 4.78 is 10.6. The van der Waals surface area contributed by atoms with Crippen LogP contribution in [0.25, 0.3) is 0 Å². The highest BCUT2D eigenvalue weighted by Crippen LogP contribution is 2.23. The van der Waals surface area contributed by atoms with Crippen LogP contribution >= 0.6 is 11.3 Å². The van der Waals surface area contributed by atoms with E-state index in [1.165, 1.54) is 4.88 Å². The Morgan fingerprint density at radius 1 is 1.35 bits per heavy atom. The number of carbonyl (C=O) groups is 1. The second kappa shape index (κ2) is 6.96. The van der Waals surface area contributed by atoms with Crippen LogP contribution in [0, 0.1) is 0 Å². The maximum absolute atomic E-state index is 11.7. The number of anilines is 1. The molecule has 0 aliphatic heterocycles. The SMILES string of the molecule is CCOC(=O)c1ccc(N)c(OCCc2cccs2)c1. The van der Waals surface area contributed by atoms with E-state index in [4.69, 9.17) is 15.2 Å². The Bertz CT molecular complexity index is 567. The van der Waals surface area contributed by atoms with Gasteiger partial charge in [0, 0.05) is 11.3 Å². The van der Waals surface area contributed by atoms with Crippen LogP contribution in [-0.4, -0.2) is 19.2 Å². The lowest BCUT2D eigenvalue weighted by Crippen LogP contribution is -2.07. The first kappa shape index (κ1) is 14.4. The molecule has 0 aliphatic rings. The standard InChI is InChI=1S/C15H17NO3S/c1-2-18-15(17)11-5-6-13(16)14(10-11)19-8-7-12-4-3-9-20-12/h3-6,9-10H,2,7-8,16H2,1H3. The Kier molecular flexibility index (Phi) is 5.01. The summed E-state index contributed by atoms with van der Waals surface area (Å²) >= 11 is 1.69. The van der Waals surface area contributed by atoms with Gasteiger partial charge in [0.1, 0.15) is 5.75 Å². The molecule has 0 bridgehead atoms. The monoisotopic (exact) mass is 291 g/mol. The third-order valence-corrected chi connectivity index (χ3v) is 3.65. The lowest BCUT2D eigenvalue weighted by atomic mass is 10.2. The van der Waals surface area contributed by atoms with Gasteiger partial charge in [0.15, 0.2) is 0 Å². The largest absolute Gasteiger partial charge is 0.491 e. The van der Waals surface area contributed by atoms with Gasteiger partial charge in [-0.05, 0) is 36.6 Å². The molecule has 106 valence electrons. The summed E-state index contributed by atoms with van der Waals surface area (Å²) in [6, 6.07) is 9.00. The van der Waals surface area contributed by atoms with E-state index in [0.717, 1.165) is 6.42 Å². The molecule has 2 N–H and O–H groups in total. The molecule has 1 aromatic carbocycles. The van der Waals surface area contributed by atoms with Crippen molar-refractivity contribution in [3.8, 4) is 5.75 Å². The summed E-state index contributed by atoms with van der Waals surface area (Å²) in [5, 5.41) is 2.03. The molecule has 0 spiro atoms. The van der Waals surface area contributed by atoms with Crippen LogP contribution in [0.3, 0.4) is 0 Å². The second-order valence-corrected chi connectivity index (χ2v) is 5.18. The van der Waals surface area contributed by atoms with E-state index in [2.05, 4.69) is 6.07 Å². The zero-order valence-electron chi connectivity index (χ0n) is 11.3. The number of rotatable bonds is 6. The van der Waals surface area contributed by atoms with Gasteiger partial charge in [0.25, 0.3) is 0 Å². The fourth-order valence-corrected chi connectivity index (χ4v) is 2.41. The minimum Gasteiger partial charge on any atom is -0.491 e. The number of esters is 1. The average Bonchev–Trinajstić information content (AvgIpc) is 2.94. The van der Waals surface area contributed by atoms with Gasteiger partial charge in [-0.1, -0.05) is 6.07 Å². The van der Waals surface area contributed by atoms with E-state index in [9.17, 15) is 4.79 Å². The van der Waals surface area contributed by atoms with E-state index >= 15 is 0 Å². The highest BCUT2D eigenvalue weighted by atomic mass is 32.1. The Balaban J connectivity index is 1.99. The maximum atomic E-state index is 11.7. The zero-order chi connectivity index (χ0) is 14.4. The quantitative estimate of drug-likeness (QED) is 0.656. The molecular weight excluding hydrogens is 274 g/mol. The molecule has 1 aromatic heterocycles. The van der Waals surface area contributed by atoms with Crippen LogP contribution in [0.1, 0.15) is 22.2 Å². The molecule has 0 unspecified atom stereocenters. The highest BCUT2D eigenvalue weighted by Gasteiger charge is 2.10. The fraction of sp³-hybridized carbons (Fsp3) is 0.267. The van der Waals surface area contributed by atoms with Crippen molar-refractivity contribution < 1.29 is 14.3 Å². The van der Waals surface area contributed by atoms with Gasteiger partial charge in [-0.2, -0.15) is 0 Å². The normalized spacial score (nSPS) is 10.2. The second-order valence-electron chi connectivity index (χ2n) is 4.15. The first-order valence-corrected chi connectivity index (χ1v) is 7.30. The van der Waals surface area contributed by atoms with Crippen molar-refractivity contribution in [1.29, 1.82) is 0 Å². The molecule has 2 rings (SSSR count). The summed E-state index contributed by atoms with van der Waals surface area (Å²) in [6.45, 7) is 2.64. The smallest absolute Gasteiger partial charge is 0.338 e. The Labute approximate surface area is 122 Å². The summed E-state index contributed by atoms with van der Waals surface area (Å²) in [4.78, 5) is 12.9. The number of hydrogen-bond acceptors (Lipinski definition) is 5. The van der Waals surface area contributed by atoms with Gasteiger partial charge in [-0.3, -0.25) is 0 Å². The third kappa shape index (κ3) is 3.74. The van der Waals surface area contributed by atoms with Crippen LogP contribution < -0.4 is 10.5 Å². The molecule has 4 nitrogen and oxygen atoms in total. The highest BCUT2D eigenvalue weighted by molar-refractivity contribution is 7.09. The molecule has 5 heteroatoms. The molecular formula is C15H17NO3S. The molecule has 2 aromatic rings. The Morgan fingerprint density at radius 2 is 2.20 bits per heavy atom. The van der Waals surface area contributed by atoms with Gasteiger partial charge in [0.05, 0.1) is 24.5 Å². The number of carbonyl (C=O) groups excluding carboxylic acids is 1. The topological polar surface area (TPSA) is 61.5 Å². The van der Waals surface area contributed by atoms with Crippen molar-refractivity contribution in [3.63, 3.8) is 0 Å². The molecule has 0 saturated heterocycles. The van der Waals surface area contributed by atoms with E-state index in [1.54, 1.807) is 36.5 Å². The number of hydrogen-bond donors (Lipinski definition) is 1. The third-order valence-electron chi connectivity index (χ3n) is 2.71. The van der Waals surface area contributed by atoms with Gasteiger partial charge in [-0.25, -0.2) is 4.79 Å². The van der Waals surface area contributed by atoms with Gasteiger partial charge < -0.3 is 15.2 Å². The number of nitrogens with two attached hydrogens (primary N) is 1. The number of benzene rings is 1. The van der Waals surface area contributed by atoms with Crippen molar-refractivity contribution in [2.45, 2.75) is 13.3 Å². The number of thiophene rings is 1. The van der Waals surface area contributed by atoms with Crippen LogP contribution in [0.5, 0.6) is 5.75 Å². The van der Waals surface area contributed by atoms with Crippen molar-refractivity contribution in [3.05, 3.63) is 46.2 Å². The van der Waals surface area contributed by atoms with Gasteiger partial charge in [-0.15, -0.1) is 11.3 Å². The Morgan fingerprint density at radius 3 is 2.90 bits per heavy atom. The summed E-state index contributed by atoms with van der Waals surface area (Å²) in [5.74, 6) is 0.155. The molecule has 20 heavy (non-hydrogen) atoms. The minimum absolute atomic E-state index is 0.345. The van der Waals surface area contributed by atoms with Crippen molar-refractivity contribution in [1.82, 2.24) is 0 Å². The molecule has 0 fully saturated rings. The first-order chi connectivity index (χ1) is 9.70. The van der Waals surface area contributed by atoms with Crippen molar-refractivity contribution in [2.24, 2.45) is 0 Å². The number of nitrogen functional groups attached to an aromatic ring is 1. The van der Waals surface area contributed by atoms with Crippen molar-refractivity contribution >= 4 is 23.0 Å². The molecule has 0 atom stereocenters. The lowest BCUT2D eigenvalue weighted by Gasteiger charge is -2.10. The first-order valence-electron chi connectivity index (χ1n) is 6.42. The van der Waals surface area contributed by atoms with E-state index < -0.39 is 0 Å². The molecule has 0 radical (unpaired) electrons. The van der Waals surface area contributed by atoms with Crippen LogP contribution in [0.2, 0.25) is 0 Å². The van der Waals surface area contributed by atoms with E-state index in [-0.39, 0.29) is 5.97 Å².